The molecule has 18 heavy (non-hydrogen) atoms. The molecular formula is C13H16Cl2N2O. The third-order valence-corrected chi connectivity index (χ3v) is 4.25. The first-order valence-corrected chi connectivity index (χ1v) is 6.39. The molecule has 2 saturated carbocycles. The van der Waals surface area contributed by atoms with Gasteiger partial charge in [-0.3, -0.25) is 0 Å². The van der Waals surface area contributed by atoms with Crippen LogP contribution < -0.4 is 0 Å². The lowest BCUT2D eigenvalue weighted by Crippen LogP contribution is -2.11. The molecule has 0 saturated heterocycles. The van der Waals surface area contributed by atoms with Crippen molar-refractivity contribution in [1.29, 1.82) is 0 Å². The SMILES string of the molecule is CON=C1[C@H]2CC[C@@H]1[C@@H](c1ccc(Cl)nc1)C2.Cl. The van der Waals surface area contributed by atoms with Gasteiger partial charge in [-0.2, -0.15) is 0 Å². The first-order valence-electron chi connectivity index (χ1n) is 6.02. The van der Waals surface area contributed by atoms with Gasteiger partial charge in [0.1, 0.15) is 12.3 Å². The summed E-state index contributed by atoms with van der Waals surface area (Å²) in [5.41, 5.74) is 2.54. The van der Waals surface area contributed by atoms with E-state index < -0.39 is 0 Å². The first kappa shape index (κ1) is 13.6. The molecule has 98 valence electrons. The lowest BCUT2D eigenvalue weighted by molar-refractivity contribution is 0.211. The summed E-state index contributed by atoms with van der Waals surface area (Å²) in [6.45, 7) is 0. The smallest absolute Gasteiger partial charge is 0.129 e. The minimum Gasteiger partial charge on any atom is -0.399 e. The maximum atomic E-state index is 5.82. The molecule has 3 nitrogen and oxygen atoms in total. The molecule has 2 bridgehead atoms. The Morgan fingerprint density at radius 1 is 1.33 bits per heavy atom. The molecule has 2 aliphatic rings. The Morgan fingerprint density at radius 2 is 2.17 bits per heavy atom. The van der Waals surface area contributed by atoms with Crippen molar-refractivity contribution in [2.45, 2.75) is 25.2 Å². The third-order valence-electron chi connectivity index (χ3n) is 4.02. The van der Waals surface area contributed by atoms with Gasteiger partial charge in [-0.25, -0.2) is 4.98 Å². The molecule has 2 fully saturated rings. The van der Waals surface area contributed by atoms with Crippen LogP contribution in [-0.4, -0.2) is 17.8 Å². The van der Waals surface area contributed by atoms with Gasteiger partial charge in [0, 0.05) is 18.0 Å². The Kier molecular flexibility index (Phi) is 4.13. The molecule has 0 N–H and O–H groups in total. The minimum atomic E-state index is 0. The van der Waals surface area contributed by atoms with E-state index in [2.05, 4.69) is 16.2 Å². The summed E-state index contributed by atoms with van der Waals surface area (Å²) in [4.78, 5) is 9.13. The topological polar surface area (TPSA) is 34.5 Å². The van der Waals surface area contributed by atoms with Crippen LogP contribution in [0.25, 0.3) is 0 Å². The van der Waals surface area contributed by atoms with Gasteiger partial charge in [-0.15, -0.1) is 12.4 Å². The summed E-state index contributed by atoms with van der Waals surface area (Å²) in [5.74, 6) is 1.70. The third kappa shape index (κ3) is 2.21. The molecule has 2 aliphatic carbocycles. The molecule has 0 amide bonds. The van der Waals surface area contributed by atoms with E-state index >= 15 is 0 Å². The lowest BCUT2D eigenvalue weighted by Gasteiger charge is -2.20. The molecule has 0 radical (unpaired) electrons. The second-order valence-electron chi connectivity index (χ2n) is 4.84. The molecule has 1 aromatic heterocycles. The molecule has 0 aliphatic heterocycles. The van der Waals surface area contributed by atoms with Gasteiger partial charge >= 0.3 is 0 Å². The van der Waals surface area contributed by atoms with Crippen LogP contribution in [0.3, 0.4) is 0 Å². The van der Waals surface area contributed by atoms with E-state index in [1.165, 1.54) is 30.5 Å². The van der Waals surface area contributed by atoms with Crippen molar-refractivity contribution >= 4 is 29.7 Å². The summed E-state index contributed by atoms with van der Waals surface area (Å²) in [5, 5.41) is 4.77. The summed E-state index contributed by atoms with van der Waals surface area (Å²) in [7, 11) is 1.63. The van der Waals surface area contributed by atoms with E-state index in [0.717, 1.165) is 0 Å². The van der Waals surface area contributed by atoms with Crippen molar-refractivity contribution < 1.29 is 4.84 Å². The van der Waals surface area contributed by atoms with Crippen LogP contribution in [0.2, 0.25) is 5.15 Å². The number of halogens is 2. The predicted molar refractivity (Wildman–Crippen MR) is 74.5 cm³/mol. The second-order valence-corrected chi connectivity index (χ2v) is 5.22. The van der Waals surface area contributed by atoms with E-state index in [1.54, 1.807) is 7.11 Å². The van der Waals surface area contributed by atoms with Crippen molar-refractivity contribution in [2.24, 2.45) is 17.0 Å². The Balaban J connectivity index is 0.00000120. The lowest BCUT2D eigenvalue weighted by atomic mass is 9.84. The summed E-state index contributed by atoms with van der Waals surface area (Å²) in [6.07, 6.45) is 5.55. The van der Waals surface area contributed by atoms with Crippen molar-refractivity contribution in [3.63, 3.8) is 0 Å². The van der Waals surface area contributed by atoms with Crippen molar-refractivity contribution in [3.05, 3.63) is 29.0 Å². The molecule has 1 heterocycles. The standard InChI is InChI=1S/C13H15ClN2O.ClH/c1-17-16-13-8-2-4-10(13)11(6-8)9-3-5-12(14)15-7-9;/h3,5,7-8,10-11H,2,4,6H2,1H3;1H/t8-,10+,11+;/m0./s1. The highest BCUT2D eigenvalue weighted by molar-refractivity contribution is 6.29. The zero-order valence-corrected chi connectivity index (χ0v) is 11.7. The fourth-order valence-electron chi connectivity index (χ4n) is 3.32. The molecule has 0 spiro atoms. The van der Waals surface area contributed by atoms with Crippen LogP contribution in [-0.2, 0) is 4.84 Å². The second kappa shape index (κ2) is 5.45. The average molecular weight is 287 g/mol. The minimum absolute atomic E-state index is 0. The number of nitrogens with zero attached hydrogens (tertiary/aromatic N) is 2. The van der Waals surface area contributed by atoms with Crippen LogP contribution in [0, 0.1) is 11.8 Å². The van der Waals surface area contributed by atoms with Crippen LogP contribution in [0.15, 0.2) is 23.5 Å². The highest BCUT2D eigenvalue weighted by Gasteiger charge is 2.46. The van der Waals surface area contributed by atoms with Crippen molar-refractivity contribution in [1.82, 2.24) is 4.98 Å². The quantitative estimate of drug-likeness (QED) is 0.614. The summed E-state index contributed by atoms with van der Waals surface area (Å²) >= 11 is 5.82. The van der Waals surface area contributed by atoms with Gasteiger partial charge in [0.05, 0.1) is 5.71 Å². The Hall–Kier alpha value is -0.800. The monoisotopic (exact) mass is 286 g/mol. The normalized spacial score (nSPS) is 31.4. The Labute approximate surface area is 118 Å². The maximum Gasteiger partial charge on any atom is 0.129 e. The fourth-order valence-corrected chi connectivity index (χ4v) is 3.43. The molecule has 3 rings (SSSR count). The van der Waals surface area contributed by atoms with Gasteiger partial charge in [-0.05, 0) is 36.8 Å². The van der Waals surface area contributed by atoms with Crippen LogP contribution >= 0.6 is 24.0 Å². The van der Waals surface area contributed by atoms with Gasteiger partial charge in [0.25, 0.3) is 0 Å². The first-order chi connectivity index (χ1) is 8.29. The number of aromatic nitrogens is 1. The van der Waals surface area contributed by atoms with Gasteiger partial charge < -0.3 is 4.84 Å². The summed E-state index contributed by atoms with van der Waals surface area (Å²) in [6, 6.07) is 3.96. The van der Waals surface area contributed by atoms with Gasteiger partial charge in [0.15, 0.2) is 0 Å². The molecule has 0 unspecified atom stereocenters. The van der Waals surface area contributed by atoms with E-state index in [1.807, 2.05) is 12.3 Å². The van der Waals surface area contributed by atoms with Crippen LogP contribution in [0.5, 0.6) is 0 Å². The molecule has 3 atom stereocenters. The highest BCUT2D eigenvalue weighted by atomic mass is 35.5. The number of hydrogen-bond donors (Lipinski definition) is 0. The largest absolute Gasteiger partial charge is 0.399 e. The zero-order valence-electron chi connectivity index (χ0n) is 10.2. The van der Waals surface area contributed by atoms with E-state index in [0.29, 0.717) is 22.9 Å². The van der Waals surface area contributed by atoms with Gasteiger partial charge in [-0.1, -0.05) is 22.8 Å². The zero-order chi connectivity index (χ0) is 11.8. The molecule has 1 aromatic rings. The van der Waals surface area contributed by atoms with Crippen molar-refractivity contribution in [2.75, 3.05) is 7.11 Å². The number of oxime groups is 1. The molecule has 5 heteroatoms. The summed E-state index contributed by atoms with van der Waals surface area (Å²) < 4.78 is 0. The number of hydrogen-bond acceptors (Lipinski definition) is 3. The Bertz CT molecular complexity index is 447. The number of fused-ring (bicyclic) bond motifs is 2. The fraction of sp³-hybridized carbons (Fsp3) is 0.538. The number of pyridine rings is 1. The maximum absolute atomic E-state index is 5.82. The highest BCUT2D eigenvalue weighted by Crippen LogP contribution is 2.51. The number of rotatable bonds is 2. The van der Waals surface area contributed by atoms with Crippen LogP contribution in [0.4, 0.5) is 0 Å². The van der Waals surface area contributed by atoms with E-state index in [9.17, 15) is 0 Å². The average Bonchev–Trinajstić information content (AvgIpc) is 2.88. The van der Waals surface area contributed by atoms with Crippen molar-refractivity contribution in [3.8, 4) is 0 Å². The van der Waals surface area contributed by atoms with Gasteiger partial charge in [0.2, 0.25) is 0 Å². The molecular weight excluding hydrogens is 271 g/mol. The predicted octanol–water partition coefficient (Wildman–Crippen LogP) is 3.67. The molecule has 0 aromatic carbocycles. The van der Waals surface area contributed by atoms with Crippen LogP contribution in [0.1, 0.15) is 30.7 Å². The van der Waals surface area contributed by atoms with E-state index in [4.69, 9.17) is 16.4 Å². The van der Waals surface area contributed by atoms with E-state index in [-0.39, 0.29) is 12.4 Å². The Morgan fingerprint density at radius 3 is 2.83 bits per heavy atom.